The molecule has 0 atom stereocenters. The van der Waals surface area contributed by atoms with Crippen molar-refractivity contribution in [2.45, 2.75) is 0 Å². The van der Waals surface area contributed by atoms with Crippen LogP contribution in [0.4, 0.5) is 0 Å². The largest absolute Gasteiger partial charge is 0.285 e. The van der Waals surface area contributed by atoms with E-state index in [1.54, 1.807) is 0 Å². The van der Waals surface area contributed by atoms with Gasteiger partial charge in [-0.1, -0.05) is 243 Å². The molecule has 0 aliphatic heterocycles. The molecule has 0 heterocycles. The van der Waals surface area contributed by atoms with Gasteiger partial charge >= 0.3 is 0 Å². The van der Waals surface area contributed by atoms with Crippen LogP contribution in [0.5, 0.6) is 0 Å². The van der Waals surface area contributed by atoms with Crippen LogP contribution >= 0.6 is 13.8 Å². The van der Waals surface area contributed by atoms with Crippen LogP contribution in [0.15, 0.2) is 243 Å². The van der Waals surface area contributed by atoms with E-state index in [0.717, 1.165) is 43.0 Å². The van der Waals surface area contributed by atoms with Crippen molar-refractivity contribution in [2.24, 2.45) is 0 Å². The summed E-state index contributed by atoms with van der Waals surface area (Å²) in [7, 11) is 0. The fourth-order valence-corrected chi connectivity index (χ4v) is 16.9. The Morgan fingerprint density at radius 2 is 0.393 bits per heavy atom. The Balaban J connectivity index is 1.62. The summed E-state index contributed by atoms with van der Waals surface area (Å²) in [5, 5.41) is 6.98. The van der Waals surface area contributed by atoms with Gasteiger partial charge in [-0.25, -0.2) is 0 Å². The van der Waals surface area contributed by atoms with Crippen LogP contribution in [0.3, 0.4) is 0 Å². The van der Waals surface area contributed by atoms with Gasteiger partial charge in [0.25, 0.3) is 0 Å². The monoisotopic (exact) mass is 758 g/mol. The molecule has 0 amide bonds. The van der Waals surface area contributed by atoms with Crippen molar-refractivity contribution in [1.82, 2.24) is 0 Å². The van der Waals surface area contributed by atoms with Gasteiger partial charge in [0.15, 0.2) is 0 Å². The van der Waals surface area contributed by atoms with Crippen molar-refractivity contribution in [3.8, 4) is 0 Å². The highest BCUT2D eigenvalue weighted by molar-refractivity contribution is 7.98. The lowest BCUT2D eigenvalue weighted by molar-refractivity contribution is -0.128. The molecule has 0 saturated heterocycles. The zero-order valence-electron chi connectivity index (χ0n) is 30.8. The molecule has 0 aliphatic carbocycles. The number of hydrogen-bond acceptors (Lipinski definition) is 2. The summed E-state index contributed by atoms with van der Waals surface area (Å²) in [6, 6.07) is 81.5. The highest BCUT2D eigenvalue weighted by Gasteiger charge is 2.41. The lowest BCUT2D eigenvalue weighted by Crippen LogP contribution is -2.41. The minimum absolute atomic E-state index is 0.507. The van der Waals surface area contributed by atoms with Gasteiger partial charge in [-0.15, -0.1) is 0 Å². The average Bonchev–Trinajstić information content (AvgIpc) is 3.29. The zero-order chi connectivity index (χ0) is 38.2. The minimum Gasteiger partial charge on any atom is -0.285 e. The Hall–Kier alpha value is -6.30. The molecule has 8 aromatic rings. The molecule has 0 aliphatic rings. The lowest BCUT2D eigenvalue weighted by Gasteiger charge is -2.34. The van der Waals surface area contributed by atoms with E-state index in [4.69, 9.17) is 0 Å². The van der Waals surface area contributed by atoms with E-state index >= 15 is 9.59 Å². The number of carbonyl (C=O) groups excluding carboxylic acids is 2. The van der Waals surface area contributed by atoms with E-state index in [1.807, 2.05) is 170 Å². The van der Waals surface area contributed by atoms with Crippen molar-refractivity contribution in [3.05, 3.63) is 254 Å². The summed E-state index contributed by atoms with van der Waals surface area (Å²) in [5.74, 6) is -1.01. The van der Waals surface area contributed by atoms with Gasteiger partial charge in [-0.05, 0) is 56.7 Å². The molecule has 8 aromatic carbocycles. The number of Topliss-reactive ketones (excluding diaryl/α,β-unsaturated/α-hetero) is 2. The fraction of sp³-hybridized carbons (Fsp3) is 0. The van der Waals surface area contributed by atoms with Crippen molar-refractivity contribution in [2.75, 3.05) is 0 Å². The first-order valence-electron chi connectivity index (χ1n) is 18.7. The van der Waals surface area contributed by atoms with Crippen LogP contribution in [-0.4, -0.2) is 22.2 Å². The summed E-state index contributed by atoms with van der Waals surface area (Å²) in [6.07, 6.45) is 0. The van der Waals surface area contributed by atoms with Crippen LogP contribution in [-0.2, 0) is 9.59 Å². The summed E-state index contributed by atoms with van der Waals surface area (Å²) in [6.45, 7) is -6.10. The van der Waals surface area contributed by atoms with Crippen LogP contribution in [0.25, 0.3) is 0 Å². The van der Waals surface area contributed by atoms with Gasteiger partial charge in [-0.2, -0.15) is 0 Å². The molecule has 8 rings (SSSR count). The first-order chi connectivity index (χ1) is 27.7. The third-order valence-corrected chi connectivity index (χ3v) is 19.0. The Kier molecular flexibility index (Phi) is 10.9. The Morgan fingerprint density at radius 1 is 0.232 bits per heavy atom. The topological polar surface area (TPSA) is 34.1 Å². The first-order valence-corrected chi connectivity index (χ1v) is 22.3. The minimum atomic E-state index is -3.05. The molecule has 56 heavy (non-hydrogen) atoms. The van der Waals surface area contributed by atoms with Crippen molar-refractivity contribution in [3.63, 3.8) is 0 Å². The molecular formula is C52H40O2P2. The molecule has 0 bridgehead atoms. The first kappa shape index (κ1) is 36.7. The normalized spacial score (nSPS) is 11.4. The molecule has 4 heteroatoms. The van der Waals surface area contributed by atoms with Gasteiger partial charge < -0.3 is 0 Å². The van der Waals surface area contributed by atoms with E-state index in [1.165, 1.54) is 0 Å². The third kappa shape index (κ3) is 6.58. The second-order valence-electron chi connectivity index (χ2n) is 13.4. The number of carbonyl (C=O) groups is 2. The SMILES string of the molecule is O=C(C(=O)C(c1ccccc1)=P(c1ccccc1)(c1ccccc1)c1ccccc1)C(c1ccccc1)=P(c1ccccc1)(c1ccccc1)c1ccccc1. The van der Waals surface area contributed by atoms with E-state index in [2.05, 4.69) is 72.8 Å². The van der Waals surface area contributed by atoms with E-state index in [0.29, 0.717) is 10.6 Å². The predicted molar refractivity (Wildman–Crippen MR) is 241 cm³/mol. The summed E-state index contributed by atoms with van der Waals surface area (Å²) >= 11 is 0. The third-order valence-electron chi connectivity index (χ3n) is 10.3. The highest BCUT2D eigenvalue weighted by Crippen LogP contribution is 2.50. The van der Waals surface area contributed by atoms with Gasteiger partial charge in [-0.3, -0.25) is 9.59 Å². The Labute approximate surface area is 329 Å². The quantitative estimate of drug-likeness (QED) is 0.0980. The van der Waals surface area contributed by atoms with Crippen LogP contribution in [0.1, 0.15) is 11.1 Å². The van der Waals surface area contributed by atoms with E-state index in [-0.39, 0.29) is 0 Å². The smallest absolute Gasteiger partial charge is 0.235 e. The highest BCUT2D eigenvalue weighted by atomic mass is 31.2. The molecule has 270 valence electrons. The second-order valence-corrected chi connectivity index (χ2v) is 20.1. The van der Waals surface area contributed by atoms with Crippen LogP contribution in [0, 0.1) is 0 Å². The molecule has 0 N–H and O–H groups in total. The maximum absolute atomic E-state index is 16.4. The van der Waals surface area contributed by atoms with Crippen molar-refractivity contribution < 1.29 is 9.59 Å². The fourth-order valence-electron chi connectivity index (χ4n) is 7.94. The van der Waals surface area contributed by atoms with Crippen molar-refractivity contribution in [1.29, 1.82) is 0 Å². The molecular weight excluding hydrogens is 719 g/mol. The Bertz CT molecular complexity index is 2280. The van der Waals surface area contributed by atoms with Crippen LogP contribution < -0.4 is 31.8 Å². The van der Waals surface area contributed by atoms with Gasteiger partial charge in [0.05, 0.1) is 0 Å². The predicted octanol–water partition coefficient (Wildman–Crippen LogP) is 8.55. The van der Waals surface area contributed by atoms with Gasteiger partial charge in [0, 0.05) is 10.6 Å². The zero-order valence-corrected chi connectivity index (χ0v) is 32.6. The molecule has 0 aromatic heterocycles. The molecule has 0 fully saturated rings. The number of rotatable bonds is 11. The average molecular weight is 759 g/mol. The summed E-state index contributed by atoms with van der Waals surface area (Å²) < 4.78 is 0. The Morgan fingerprint density at radius 3 is 0.571 bits per heavy atom. The maximum atomic E-state index is 16.4. The van der Waals surface area contributed by atoms with E-state index in [9.17, 15) is 0 Å². The number of hydrogen-bond donors (Lipinski definition) is 0. The molecule has 0 spiro atoms. The second kappa shape index (κ2) is 16.6. The standard InChI is InChI=1S/C52H40O2P2/c53-49(51(41-25-9-1-10-26-41)55(43-29-13-3-14-30-43,44-31-15-4-16-32-44)45-33-17-5-18-34-45)50(54)52(42-27-11-2-12-28-42)56(46-35-19-6-20-36-46,47-37-21-7-22-38-47)48-39-23-8-24-40-48/h1-40H. The summed E-state index contributed by atoms with van der Waals surface area (Å²) in [5.41, 5.74) is 1.46. The molecule has 0 unspecified atom stereocenters. The maximum Gasteiger partial charge on any atom is 0.235 e. The number of ketones is 2. The molecule has 0 saturated carbocycles. The molecule has 2 nitrogen and oxygen atoms in total. The van der Waals surface area contributed by atoms with Gasteiger partial charge in [0.1, 0.15) is 0 Å². The molecule has 0 radical (unpaired) electrons. The van der Waals surface area contributed by atoms with Gasteiger partial charge in [0.2, 0.25) is 11.6 Å². The van der Waals surface area contributed by atoms with Crippen LogP contribution in [0.2, 0.25) is 0 Å². The van der Waals surface area contributed by atoms with E-state index < -0.39 is 25.3 Å². The number of benzene rings is 8. The van der Waals surface area contributed by atoms with Crippen molar-refractivity contribution >= 4 is 67.8 Å². The summed E-state index contributed by atoms with van der Waals surface area (Å²) in [4.78, 5) is 32.8. The lowest BCUT2D eigenvalue weighted by atomic mass is 10.0.